The summed E-state index contributed by atoms with van der Waals surface area (Å²) in [5.74, 6) is 0.292. The van der Waals surface area contributed by atoms with Gasteiger partial charge in [-0.25, -0.2) is 0 Å². The topological polar surface area (TPSA) is 74.1 Å². The summed E-state index contributed by atoms with van der Waals surface area (Å²) in [4.78, 5) is 25.2. The van der Waals surface area contributed by atoms with Gasteiger partial charge in [-0.2, -0.15) is 5.10 Å². The second-order valence-corrected chi connectivity index (χ2v) is 7.30. The summed E-state index contributed by atoms with van der Waals surface area (Å²) in [6.07, 6.45) is 1.57. The van der Waals surface area contributed by atoms with Gasteiger partial charge in [0.2, 0.25) is 5.91 Å². The lowest BCUT2D eigenvalue weighted by Crippen LogP contribution is -2.19. The van der Waals surface area contributed by atoms with Crippen LogP contribution in [0.3, 0.4) is 0 Å². The van der Waals surface area contributed by atoms with Gasteiger partial charge in [0.15, 0.2) is 5.17 Å². The molecule has 116 valence electrons. The zero-order chi connectivity index (χ0) is 16.1. The zero-order valence-corrected chi connectivity index (χ0v) is 15.1. The Morgan fingerprint density at radius 2 is 2.27 bits per heavy atom. The van der Waals surface area contributed by atoms with Crippen molar-refractivity contribution in [3.63, 3.8) is 0 Å². The van der Waals surface area contributed by atoms with Crippen LogP contribution in [-0.4, -0.2) is 47.3 Å². The predicted octanol–water partition coefficient (Wildman–Crippen LogP) is 2.78. The number of amidine groups is 1. The number of amides is 2. The van der Waals surface area contributed by atoms with Crippen LogP contribution >= 0.6 is 39.5 Å². The molecule has 1 heterocycles. The maximum Gasteiger partial charge on any atom is 0.285 e. The van der Waals surface area contributed by atoms with Crippen molar-refractivity contribution in [1.29, 1.82) is 0 Å². The Balaban J connectivity index is 2.16. The molecule has 0 aromatic heterocycles. The molecule has 0 radical (unpaired) electrons. The predicted molar refractivity (Wildman–Crippen MR) is 94.7 cm³/mol. The third-order valence-corrected chi connectivity index (χ3v) is 4.94. The molecule has 2 rings (SSSR count). The first-order valence-electron chi connectivity index (χ1n) is 6.18. The van der Waals surface area contributed by atoms with Gasteiger partial charge in [0.25, 0.3) is 5.24 Å². The molecule has 1 fully saturated rings. The zero-order valence-electron chi connectivity index (χ0n) is 11.9. The first kappa shape index (κ1) is 17.0. The summed E-state index contributed by atoms with van der Waals surface area (Å²) < 4.78 is 0.878. The van der Waals surface area contributed by atoms with Gasteiger partial charge in [0.1, 0.15) is 0 Å². The summed E-state index contributed by atoms with van der Waals surface area (Å²) in [7, 11) is 3.40. The van der Waals surface area contributed by atoms with Gasteiger partial charge in [-0.3, -0.25) is 9.59 Å². The lowest BCUT2D eigenvalue weighted by Gasteiger charge is -2.10. The third-order valence-electron chi connectivity index (χ3n) is 2.47. The molecule has 1 saturated heterocycles. The molecule has 1 aliphatic rings. The van der Waals surface area contributed by atoms with Crippen LogP contribution < -0.4 is 5.32 Å². The van der Waals surface area contributed by atoms with E-state index >= 15 is 0 Å². The molecule has 0 atom stereocenters. The molecule has 0 aliphatic carbocycles. The Hall–Kier alpha value is -1.32. The molecule has 1 aromatic rings. The van der Waals surface area contributed by atoms with E-state index in [4.69, 9.17) is 0 Å². The first-order chi connectivity index (χ1) is 10.5. The molecule has 2 amide bonds. The van der Waals surface area contributed by atoms with E-state index in [9.17, 15) is 9.59 Å². The first-order valence-corrected chi connectivity index (χ1v) is 8.77. The quantitative estimate of drug-likeness (QED) is 0.480. The van der Waals surface area contributed by atoms with Crippen molar-refractivity contribution in [2.45, 2.75) is 4.90 Å². The smallest absolute Gasteiger partial charge is 0.285 e. The van der Waals surface area contributed by atoms with E-state index in [0.717, 1.165) is 26.7 Å². The molecule has 6 nitrogen and oxygen atoms in total. The van der Waals surface area contributed by atoms with Gasteiger partial charge in [-0.05, 0) is 23.9 Å². The normalized spacial score (nSPS) is 16.3. The van der Waals surface area contributed by atoms with Gasteiger partial charge in [-0.15, -0.1) is 5.10 Å². The Morgan fingerprint density at radius 1 is 1.50 bits per heavy atom. The van der Waals surface area contributed by atoms with Crippen molar-refractivity contribution < 1.29 is 9.59 Å². The summed E-state index contributed by atoms with van der Waals surface area (Å²) in [5, 5.41) is 10.9. The van der Waals surface area contributed by atoms with E-state index in [1.54, 1.807) is 20.3 Å². The molecule has 0 bridgehead atoms. The summed E-state index contributed by atoms with van der Waals surface area (Å²) in [5.41, 5.74) is 0.780. The maximum absolute atomic E-state index is 11.8. The van der Waals surface area contributed by atoms with Gasteiger partial charge in [0, 0.05) is 29.0 Å². The van der Waals surface area contributed by atoms with Gasteiger partial charge >= 0.3 is 0 Å². The van der Waals surface area contributed by atoms with E-state index in [-0.39, 0.29) is 11.1 Å². The van der Waals surface area contributed by atoms with Crippen LogP contribution in [-0.2, 0) is 4.79 Å². The lowest BCUT2D eigenvalue weighted by molar-refractivity contribution is -0.116. The minimum Gasteiger partial charge on any atom is -0.339 e. The Bertz CT molecular complexity index is 661. The number of thioether (sulfide) groups is 2. The monoisotopic (exact) mass is 400 g/mol. The Morgan fingerprint density at radius 3 is 2.91 bits per heavy atom. The Kier molecular flexibility index (Phi) is 6.04. The molecule has 0 spiro atoms. The highest BCUT2D eigenvalue weighted by atomic mass is 79.9. The fourth-order valence-corrected chi connectivity index (χ4v) is 3.35. The van der Waals surface area contributed by atoms with Crippen LogP contribution in [0, 0.1) is 0 Å². The van der Waals surface area contributed by atoms with Gasteiger partial charge < -0.3 is 10.2 Å². The fourth-order valence-electron chi connectivity index (χ4n) is 1.41. The standard InChI is InChI=1S/C13H13BrN4O2S2/c1-18(2)13(20)22-10-5-9(14)4-3-8(10)6-15-17-12-16-11(19)7-21-12/h3-6H,7H2,1-2H3,(H,16,17,19). The van der Waals surface area contributed by atoms with Crippen molar-refractivity contribution >= 4 is 62.0 Å². The molecular formula is C13H13BrN4O2S2. The van der Waals surface area contributed by atoms with Crippen LogP contribution in [0.1, 0.15) is 5.56 Å². The molecule has 1 aromatic carbocycles. The highest BCUT2D eigenvalue weighted by Crippen LogP contribution is 2.27. The highest BCUT2D eigenvalue weighted by Gasteiger charge is 2.16. The molecule has 1 N–H and O–H groups in total. The highest BCUT2D eigenvalue weighted by molar-refractivity contribution is 9.10. The molecule has 22 heavy (non-hydrogen) atoms. The average molecular weight is 401 g/mol. The fraction of sp³-hybridized carbons (Fsp3) is 0.231. The minimum absolute atomic E-state index is 0.0716. The lowest BCUT2D eigenvalue weighted by atomic mass is 10.2. The van der Waals surface area contributed by atoms with Gasteiger partial charge in [0.05, 0.1) is 12.0 Å². The molecule has 9 heteroatoms. The number of carbonyl (C=O) groups excluding carboxylic acids is 2. The average Bonchev–Trinajstić information content (AvgIpc) is 2.86. The second-order valence-electron chi connectivity index (χ2n) is 4.43. The van der Waals surface area contributed by atoms with Crippen LogP contribution in [0.25, 0.3) is 0 Å². The molecule has 0 unspecified atom stereocenters. The summed E-state index contributed by atoms with van der Waals surface area (Å²) >= 11 is 5.82. The summed E-state index contributed by atoms with van der Waals surface area (Å²) in [6.45, 7) is 0. The Labute approximate surface area is 144 Å². The number of carbonyl (C=O) groups is 2. The summed E-state index contributed by atoms with van der Waals surface area (Å²) in [6, 6.07) is 5.57. The largest absolute Gasteiger partial charge is 0.339 e. The number of nitrogens with zero attached hydrogens (tertiary/aromatic N) is 3. The second kappa shape index (κ2) is 7.80. The van der Waals surface area contributed by atoms with Crippen molar-refractivity contribution in [2.24, 2.45) is 10.2 Å². The van der Waals surface area contributed by atoms with Gasteiger partial charge in [-0.1, -0.05) is 33.8 Å². The van der Waals surface area contributed by atoms with E-state index < -0.39 is 0 Å². The molecular weight excluding hydrogens is 388 g/mol. The maximum atomic E-state index is 11.8. The number of rotatable bonds is 3. The van der Waals surface area contributed by atoms with Crippen molar-refractivity contribution in [1.82, 2.24) is 10.2 Å². The number of halogens is 1. The van der Waals surface area contributed by atoms with E-state index in [1.807, 2.05) is 18.2 Å². The van der Waals surface area contributed by atoms with Crippen LogP contribution in [0.15, 0.2) is 37.8 Å². The van der Waals surface area contributed by atoms with Crippen LogP contribution in [0.4, 0.5) is 4.79 Å². The number of benzene rings is 1. The van der Waals surface area contributed by atoms with Crippen molar-refractivity contribution in [3.8, 4) is 0 Å². The van der Waals surface area contributed by atoms with Crippen molar-refractivity contribution in [2.75, 3.05) is 19.8 Å². The number of nitrogens with one attached hydrogen (secondary N) is 1. The van der Waals surface area contributed by atoms with E-state index in [0.29, 0.717) is 10.9 Å². The number of hydrogen-bond donors (Lipinski definition) is 1. The molecule has 0 saturated carbocycles. The van der Waals surface area contributed by atoms with Crippen molar-refractivity contribution in [3.05, 3.63) is 28.2 Å². The van der Waals surface area contributed by atoms with Crippen LogP contribution in [0.5, 0.6) is 0 Å². The van der Waals surface area contributed by atoms with E-state index in [2.05, 4.69) is 31.4 Å². The third kappa shape index (κ3) is 4.85. The number of hydrogen-bond acceptors (Lipinski definition) is 6. The minimum atomic E-state index is -0.0737. The SMILES string of the molecule is CN(C)C(=O)Sc1cc(Br)ccc1C=NN=C1NC(=O)CS1. The molecule has 1 aliphatic heterocycles. The van der Waals surface area contributed by atoms with E-state index in [1.165, 1.54) is 16.7 Å². The van der Waals surface area contributed by atoms with Crippen LogP contribution in [0.2, 0.25) is 0 Å².